The Bertz CT molecular complexity index is 718. The van der Waals surface area contributed by atoms with Gasteiger partial charge in [-0.3, -0.25) is 9.71 Å². The lowest BCUT2D eigenvalue weighted by Gasteiger charge is -2.12. The van der Waals surface area contributed by atoms with Gasteiger partial charge in [-0.05, 0) is 48.7 Å². The standard InChI is InChI=1S/C15H19N3O3S/c1-16-15-7-6-14(10-12(15)4-3-9-19)22(20,21)18-13-5-2-8-17-11-13/h2,5-8,10-11,16,18-19H,3-4,9H2,1H3. The number of anilines is 2. The summed E-state index contributed by atoms with van der Waals surface area (Å²) in [4.78, 5) is 4.07. The maximum absolute atomic E-state index is 12.4. The molecule has 0 saturated heterocycles. The van der Waals surface area contributed by atoms with Crippen LogP contribution in [0.5, 0.6) is 0 Å². The van der Waals surface area contributed by atoms with Crippen LogP contribution in [0.4, 0.5) is 11.4 Å². The quantitative estimate of drug-likeness (QED) is 0.724. The molecule has 2 aromatic rings. The summed E-state index contributed by atoms with van der Waals surface area (Å²) >= 11 is 0. The fourth-order valence-corrected chi connectivity index (χ4v) is 3.19. The molecular weight excluding hydrogens is 302 g/mol. The molecule has 0 atom stereocenters. The number of sulfonamides is 1. The summed E-state index contributed by atoms with van der Waals surface area (Å²) in [6.07, 6.45) is 4.20. The van der Waals surface area contributed by atoms with Crippen molar-refractivity contribution in [3.8, 4) is 0 Å². The lowest BCUT2D eigenvalue weighted by atomic mass is 10.1. The van der Waals surface area contributed by atoms with Crippen molar-refractivity contribution < 1.29 is 13.5 Å². The highest BCUT2D eigenvalue weighted by atomic mass is 32.2. The average molecular weight is 321 g/mol. The third-order valence-electron chi connectivity index (χ3n) is 3.17. The molecule has 0 fully saturated rings. The number of aromatic nitrogens is 1. The minimum Gasteiger partial charge on any atom is -0.396 e. The first kappa shape index (κ1) is 16.3. The number of benzene rings is 1. The Labute approximate surface area is 130 Å². The number of aliphatic hydroxyl groups excluding tert-OH is 1. The van der Waals surface area contributed by atoms with Gasteiger partial charge >= 0.3 is 0 Å². The molecule has 7 heteroatoms. The van der Waals surface area contributed by atoms with Gasteiger partial charge in [-0.1, -0.05) is 0 Å². The van der Waals surface area contributed by atoms with Crippen molar-refractivity contribution in [1.29, 1.82) is 0 Å². The van der Waals surface area contributed by atoms with Crippen LogP contribution >= 0.6 is 0 Å². The topological polar surface area (TPSA) is 91.3 Å². The Kier molecular flexibility index (Phi) is 5.35. The van der Waals surface area contributed by atoms with Crippen molar-refractivity contribution in [1.82, 2.24) is 4.98 Å². The fraction of sp³-hybridized carbons (Fsp3) is 0.267. The van der Waals surface area contributed by atoms with Crippen LogP contribution in [0.1, 0.15) is 12.0 Å². The Morgan fingerprint density at radius 1 is 1.27 bits per heavy atom. The van der Waals surface area contributed by atoms with Gasteiger partial charge in [0, 0.05) is 25.5 Å². The van der Waals surface area contributed by atoms with Crippen LogP contribution in [0, 0.1) is 0 Å². The van der Waals surface area contributed by atoms with Crippen molar-refractivity contribution in [2.24, 2.45) is 0 Å². The van der Waals surface area contributed by atoms with Crippen LogP contribution in [-0.4, -0.2) is 32.2 Å². The number of aliphatic hydroxyl groups is 1. The molecule has 1 heterocycles. The van der Waals surface area contributed by atoms with Crippen LogP contribution < -0.4 is 10.0 Å². The number of hydrogen-bond acceptors (Lipinski definition) is 5. The minimum absolute atomic E-state index is 0.0636. The second-order valence-electron chi connectivity index (χ2n) is 4.74. The summed E-state index contributed by atoms with van der Waals surface area (Å²) in [5.41, 5.74) is 2.12. The average Bonchev–Trinajstić information content (AvgIpc) is 2.53. The molecule has 118 valence electrons. The lowest BCUT2D eigenvalue weighted by Crippen LogP contribution is -2.13. The first-order valence-corrected chi connectivity index (χ1v) is 8.39. The van der Waals surface area contributed by atoms with Crippen LogP contribution in [0.2, 0.25) is 0 Å². The predicted octanol–water partition coefficient (Wildman–Crippen LogP) is 1.85. The van der Waals surface area contributed by atoms with E-state index in [4.69, 9.17) is 5.11 Å². The van der Waals surface area contributed by atoms with Crippen molar-refractivity contribution in [2.75, 3.05) is 23.7 Å². The first-order valence-electron chi connectivity index (χ1n) is 6.91. The summed E-state index contributed by atoms with van der Waals surface area (Å²) < 4.78 is 27.3. The van der Waals surface area contributed by atoms with Gasteiger partial charge in [-0.2, -0.15) is 0 Å². The summed E-state index contributed by atoms with van der Waals surface area (Å²) in [6.45, 7) is 0.0636. The van der Waals surface area contributed by atoms with E-state index in [9.17, 15) is 8.42 Å². The van der Waals surface area contributed by atoms with E-state index in [0.717, 1.165) is 11.3 Å². The molecule has 0 saturated carbocycles. The van der Waals surface area contributed by atoms with Gasteiger partial charge in [-0.25, -0.2) is 8.42 Å². The van der Waals surface area contributed by atoms with Crippen molar-refractivity contribution in [3.63, 3.8) is 0 Å². The molecule has 0 bridgehead atoms. The summed E-state index contributed by atoms with van der Waals surface area (Å²) in [6, 6.07) is 8.20. The molecule has 22 heavy (non-hydrogen) atoms. The highest BCUT2D eigenvalue weighted by Crippen LogP contribution is 2.23. The highest BCUT2D eigenvalue weighted by Gasteiger charge is 2.16. The van der Waals surface area contributed by atoms with E-state index in [2.05, 4.69) is 15.0 Å². The second-order valence-corrected chi connectivity index (χ2v) is 6.43. The molecule has 0 spiro atoms. The molecule has 0 aliphatic rings. The Morgan fingerprint density at radius 3 is 2.73 bits per heavy atom. The van der Waals surface area contributed by atoms with E-state index in [0.29, 0.717) is 18.5 Å². The van der Waals surface area contributed by atoms with Gasteiger partial charge in [0.2, 0.25) is 0 Å². The Hall–Kier alpha value is -2.12. The van der Waals surface area contributed by atoms with Crippen molar-refractivity contribution >= 4 is 21.4 Å². The van der Waals surface area contributed by atoms with Crippen molar-refractivity contribution in [2.45, 2.75) is 17.7 Å². The molecular formula is C15H19N3O3S. The van der Waals surface area contributed by atoms with Crippen LogP contribution in [0.15, 0.2) is 47.6 Å². The number of pyridine rings is 1. The normalized spacial score (nSPS) is 11.2. The van der Waals surface area contributed by atoms with Crippen LogP contribution in [0.3, 0.4) is 0 Å². The van der Waals surface area contributed by atoms with Gasteiger partial charge in [0.05, 0.1) is 16.8 Å². The smallest absolute Gasteiger partial charge is 0.261 e. The zero-order valence-electron chi connectivity index (χ0n) is 12.3. The molecule has 0 amide bonds. The monoisotopic (exact) mass is 321 g/mol. The third kappa shape index (κ3) is 3.96. The molecule has 0 unspecified atom stereocenters. The summed E-state index contributed by atoms with van der Waals surface area (Å²) in [5.74, 6) is 0. The summed E-state index contributed by atoms with van der Waals surface area (Å²) in [7, 11) is -1.89. The van der Waals surface area contributed by atoms with E-state index < -0.39 is 10.0 Å². The van der Waals surface area contributed by atoms with E-state index in [1.807, 2.05) is 0 Å². The lowest BCUT2D eigenvalue weighted by molar-refractivity contribution is 0.288. The number of nitrogens with one attached hydrogen (secondary N) is 2. The minimum atomic E-state index is -3.67. The predicted molar refractivity (Wildman–Crippen MR) is 86.4 cm³/mol. The van der Waals surface area contributed by atoms with Gasteiger partial charge in [0.15, 0.2) is 0 Å². The van der Waals surface area contributed by atoms with Gasteiger partial charge in [0.1, 0.15) is 0 Å². The zero-order valence-corrected chi connectivity index (χ0v) is 13.1. The number of aryl methyl sites for hydroxylation is 1. The van der Waals surface area contributed by atoms with Crippen LogP contribution in [0.25, 0.3) is 0 Å². The van der Waals surface area contributed by atoms with Gasteiger partial charge < -0.3 is 10.4 Å². The number of hydrogen-bond donors (Lipinski definition) is 3. The molecule has 0 aliphatic carbocycles. The molecule has 1 aromatic carbocycles. The molecule has 3 N–H and O–H groups in total. The number of nitrogens with zero attached hydrogens (tertiary/aromatic N) is 1. The van der Waals surface area contributed by atoms with E-state index in [1.165, 1.54) is 6.20 Å². The van der Waals surface area contributed by atoms with E-state index in [1.54, 1.807) is 43.6 Å². The van der Waals surface area contributed by atoms with Gasteiger partial charge in [-0.15, -0.1) is 0 Å². The first-order chi connectivity index (χ1) is 10.6. The SMILES string of the molecule is CNc1ccc(S(=O)(=O)Nc2cccnc2)cc1CCCO. The molecule has 0 aliphatic heterocycles. The maximum atomic E-state index is 12.4. The van der Waals surface area contributed by atoms with Crippen molar-refractivity contribution in [3.05, 3.63) is 48.3 Å². The highest BCUT2D eigenvalue weighted by molar-refractivity contribution is 7.92. The third-order valence-corrected chi connectivity index (χ3v) is 4.55. The second kappa shape index (κ2) is 7.24. The number of rotatable bonds is 7. The maximum Gasteiger partial charge on any atom is 0.261 e. The largest absolute Gasteiger partial charge is 0.396 e. The van der Waals surface area contributed by atoms with Gasteiger partial charge in [0.25, 0.3) is 10.0 Å². The Balaban J connectivity index is 2.30. The zero-order chi connectivity index (χ0) is 16.0. The van der Waals surface area contributed by atoms with E-state index >= 15 is 0 Å². The molecule has 6 nitrogen and oxygen atoms in total. The molecule has 0 radical (unpaired) electrons. The van der Waals surface area contributed by atoms with E-state index in [-0.39, 0.29) is 11.5 Å². The fourth-order valence-electron chi connectivity index (χ4n) is 2.09. The molecule has 1 aromatic heterocycles. The Morgan fingerprint density at radius 2 is 2.09 bits per heavy atom. The summed E-state index contributed by atoms with van der Waals surface area (Å²) in [5, 5.41) is 12.0. The molecule has 2 rings (SSSR count). The van der Waals surface area contributed by atoms with Crippen LogP contribution in [-0.2, 0) is 16.4 Å².